The summed E-state index contributed by atoms with van der Waals surface area (Å²) in [7, 11) is 0. The van der Waals surface area contributed by atoms with Crippen molar-refractivity contribution in [2.24, 2.45) is 0 Å². The highest BCUT2D eigenvalue weighted by molar-refractivity contribution is 7.59. The van der Waals surface area contributed by atoms with Gasteiger partial charge in [0.1, 0.15) is 11.9 Å². The first-order chi connectivity index (χ1) is 12.0. The zero-order valence-corrected chi connectivity index (χ0v) is 17.2. The Kier molecular flexibility index (Phi) is 7.43. The Balaban J connectivity index is 0.00000243. The molecule has 0 aliphatic carbocycles. The summed E-state index contributed by atoms with van der Waals surface area (Å²) >= 11 is 1.53. The Labute approximate surface area is 165 Å². The van der Waals surface area contributed by atoms with Crippen molar-refractivity contribution in [2.75, 3.05) is 18.4 Å². The summed E-state index contributed by atoms with van der Waals surface area (Å²) in [5.41, 5.74) is 1.97. The Hall–Kier alpha value is -1.64. The van der Waals surface area contributed by atoms with Crippen LogP contribution in [-0.4, -0.2) is 40.0 Å². The standard InChI is InChI=1S/C18H24N4O2S.H2S/c1-12-7-16(8-13(2)20-12)24-15-5-4-6-22(10-15)11-17-9-19-18(25-17)21-14(3)23;/h7-9,15H,4-6,10-11H2,1-3H3,(H,19,21,23);1H2/t15-;/m0./s1. The minimum absolute atomic E-state index is 0. The van der Waals surface area contributed by atoms with E-state index in [1.165, 1.54) is 18.3 Å². The third-order valence-electron chi connectivity index (χ3n) is 4.04. The van der Waals surface area contributed by atoms with Gasteiger partial charge in [-0.1, -0.05) is 0 Å². The van der Waals surface area contributed by atoms with Crippen LogP contribution in [-0.2, 0) is 11.3 Å². The minimum atomic E-state index is -0.0877. The molecule has 1 atom stereocenters. The lowest BCUT2D eigenvalue weighted by molar-refractivity contribution is -0.114. The maximum Gasteiger partial charge on any atom is 0.223 e. The van der Waals surface area contributed by atoms with E-state index in [2.05, 4.69) is 20.2 Å². The number of carbonyl (C=O) groups is 1. The van der Waals surface area contributed by atoms with Gasteiger partial charge < -0.3 is 10.1 Å². The van der Waals surface area contributed by atoms with Crippen molar-refractivity contribution in [1.29, 1.82) is 0 Å². The summed E-state index contributed by atoms with van der Waals surface area (Å²) in [6.07, 6.45) is 4.22. The Morgan fingerprint density at radius 2 is 2.12 bits per heavy atom. The number of pyridine rings is 1. The van der Waals surface area contributed by atoms with Gasteiger partial charge in [-0.3, -0.25) is 14.7 Å². The molecular formula is C18H26N4O2S2. The molecule has 1 amide bonds. The molecule has 8 heteroatoms. The summed E-state index contributed by atoms with van der Waals surface area (Å²) in [5, 5.41) is 3.40. The fourth-order valence-corrected chi connectivity index (χ4v) is 4.02. The molecule has 3 heterocycles. The third-order valence-corrected chi connectivity index (χ3v) is 4.93. The van der Waals surface area contributed by atoms with Crippen LogP contribution in [0.1, 0.15) is 36.0 Å². The zero-order chi connectivity index (χ0) is 17.8. The van der Waals surface area contributed by atoms with Crippen molar-refractivity contribution in [3.05, 3.63) is 34.6 Å². The zero-order valence-electron chi connectivity index (χ0n) is 15.4. The number of nitrogens with zero attached hydrogens (tertiary/aromatic N) is 3. The number of nitrogens with one attached hydrogen (secondary N) is 1. The monoisotopic (exact) mass is 394 g/mol. The average molecular weight is 395 g/mol. The molecule has 2 aromatic rings. The highest BCUT2D eigenvalue weighted by Crippen LogP contribution is 2.24. The van der Waals surface area contributed by atoms with E-state index < -0.39 is 0 Å². The third kappa shape index (κ3) is 5.96. The van der Waals surface area contributed by atoms with Crippen LogP contribution in [0.4, 0.5) is 5.13 Å². The van der Waals surface area contributed by atoms with Gasteiger partial charge in [-0.15, -0.1) is 11.3 Å². The van der Waals surface area contributed by atoms with Gasteiger partial charge in [0.05, 0.1) is 0 Å². The van der Waals surface area contributed by atoms with E-state index in [4.69, 9.17) is 4.74 Å². The number of likely N-dealkylation sites (tertiary alicyclic amines) is 1. The van der Waals surface area contributed by atoms with Gasteiger partial charge >= 0.3 is 0 Å². The van der Waals surface area contributed by atoms with E-state index in [9.17, 15) is 4.79 Å². The van der Waals surface area contributed by atoms with Gasteiger partial charge in [0.15, 0.2) is 5.13 Å². The van der Waals surface area contributed by atoms with E-state index in [0.717, 1.165) is 54.5 Å². The first kappa shape index (κ1) is 20.7. The lowest BCUT2D eigenvalue weighted by atomic mass is 10.1. The quantitative estimate of drug-likeness (QED) is 0.843. The fourth-order valence-electron chi connectivity index (χ4n) is 3.12. The smallest absolute Gasteiger partial charge is 0.223 e. The number of rotatable bonds is 5. The molecule has 0 bridgehead atoms. The van der Waals surface area contributed by atoms with Crippen LogP contribution in [0.25, 0.3) is 0 Å². The molecule has 1 N–H and O–H groups in total. The van der Waals surface area contributed by atoms with E-state index in [-0.39, 0.29) is 25.5 Å². The molecule has 0 radical (unpaired) electrons. The summed E-state index contributed by atoms with van der Waals surface area (Å²) in [4.78, 5) is 23.3. The summed E-state index contributed by atoms with van der Waals surface area (Å²) in [6, 6.07) is 3.99. The van der Waals surface area contributed by atoms with Gasteiger partial charge in [-0.25, -0.2) is 4.98 Å². The van der Waals surface area contributed by atoms with Crippen LogP contribution in [0.3, 0.4) is 0 Å². The van der Waals surface area contributed by atoms with Gasteiger partial charge in [0.25, 0.3) is 0 Å². The predicted octanol–water partition coefficient (Wildman–Crippen LogP) is 3.27. The molecule has 3 rings (SSSR count). The van der Waals surface area contributed by atoms with Gasteiger partial charge in [-0.05, 0) is 33.2 Å². The van der Waals surface area contributed by atoms with E-state index in [0.29, 0.717) is 5.13 Å². The van der Waals surface area contributed by atoms with Crippen molar-refractivity contribution in [2.45, 2.75) is 46.3 Å². The second-order valence-electron chi connectivity index (χ2n) is 6.52. The maximum atomic E-state index is 11.1. The number of carbonyl (C=O) groups excluding carboxylic acids is 1. The number of anilines is 1. The lowest BCUT2D eigenvalue weighted by Gasteiger charge is -2.32. The van der Waals surface area contributed by atoms with Crippen LogP contribution in [0.5, 0.6) is 5.75 Å². The van der Waals surface area contributed by atoms with Gasteiger partial charge in [0, 0.05) is 54.6 Å². The predicted molar refractivity (Wildman–Crippen MR) is 109 cm³/mol. The molecular weight excluding hydrogens is 368 g/mol. The molecule has 26 heavy (non-hydrogen) atoms. The molecule has 0 saturated carbocycles. The molecule has 1 fully saturated rings. The van der Waals surface area contributed by atoms with Crippen LogP contribution in [0.2, 0.25) is 0 Å². The Morgan fingerprint density at radius 1 is 1.38 bits per heavy atom. The van der Waals surface area contributed by atoms with E-state index in [1.807, 2.05) is 32.2 Å². The molecule has 1 aliphatic heterocycles. The molecule has 0 aromatic carbocycles. The number of aromatic nitrogens is 2. The van der Waals surface area contributed by atoms with Gasteiger partial charge in [0.2, 0.25) is 5.91 Å². The minimum Gasteiger partial charge on any atom is -0.489 e. The number of piperidine rings is 1. The normalized spacial score (nSPS) is 17.4. The molecule has 0 spiro atoms. The van der Waals surface area contributed by atoms with E-state index >= 15 is 0 Å². The topological polar surface area (TPSA) is 67.4 Å². The SMILES string of the molecule is CC(=O)Nc1ncc(CN2CCC[C@H](Oc3cc(C)nc(C)c3)C2)s1.S. The second-order valence-corrected chi connectivity index (χ2v) is 7.63. The molecule has 142 valence electrons. The summed E-state index contributed by atoms with van der Waals surface area (Å²) in [5.74, 6) is 0.817. The molecule has 6 nitrogen and oxygen atoms in total. The van der Waals surface area contributed by atoms with Gasteiger partial charge in [-0.2, -0.15) is 13.5 Å². The summed E-state index contributed by atoms with van der Waals surface area (Å²) in [6.45, 7) is 8.27. The van der Waals surface area contributed by atoms with Crippen molar-refractivity contribution in [1.82, 2.24) is 14.9 Å². The Bertz CT molecular complexity index is 730. The second kappa shape index (κ2) is 9.34. The lowest BCUT2D eigenvalue weighted by Crippen LogP contribution is -2.40. The van der Waals surface area contributed by atoms with Crippen molar-refractivity contribution in [3.8, 4) is 5.75 Å². The molecule has 0 unspecified atom stereocenters. The first-order valence-electron chi connectivity index (χ1n) is 8.54. The highest BCUT2D eigenvalue weighted by atomic mass is 32.1. The number of hydrogen-bond acceptors (Lipinski definition) is 6. The van der Waals surface area contributed by atoms with Crippen molar-refractivity contribution < 1.29 is 9.53 Å². The number of amides is 1. The first-order valence-corrected chi connectivity index (χ1v) is 9.36. The van der Waals surface area contributed by atoms with Crippen LogP contribution >= 0.6 is 24.8 Å². The van der Waals surface area contributed by atoms with Crippen LogP contribution in [0.15, 0.2) is 18.3 Å². The average Bonchev–Trinajstić information content (AvgIpc) is 2.92. The number of aryl methyl sites for hydroxylation is 2. The Morgan fingerprint density at radius 3 is 2.81 bits per heavy atom. The van der Waals surface area contributed by atoms with E-state index in [1.54, 1.807) is 0 Å². The van der Waals surface area contributed by atoms with Crippen LogP contribution < -0.4 is 10.1 Å². The fraction of sp³-hybridized carbons (Fsp3) is 0.500. The molecule has 1 saturated heterocycles. The number of thiazole rings is 1. The highest BCUT2D eigenvalue weighted by Gasteiger charge is 2.22. The maximum absolute atomic E-state index is 11.1. The number of ether oxygens (including phenoxy) is 1. The van der Waals surface area contributed by atoms with Crippen LogP contribution in [0, 0.1) is 13.8 Å². The largest absolute Gasteiger partial charge is 0.489 e. The van der Waals surface area contributed by atoms with Crippen molar-refractivity contribution >= 4 is 35.9 Å². The molecule has 2 aromatic heterocycles. The molecule has 1 aliphatic rings. The number of hydrogen-bond donors (Lipinski definition) is 1. The van der Waals surface area contributed by atoms with Crippen molar-refractivity contribution in [3.63, 3.8) is 0 Å². The summed E-state index contributed by atoms with van der Waals surface area (Å²) < 4.78 is 6.19.